The lowest BCUT2D eigenvalue weighted by Crippen LogP contribution is -2.47. The van der Waals surface area contributed by atoms with Crippen LogP contribution in [0.15, 0.2) is 12.4 Å². The zero-order chi connectivity index (χ0) is 17.6. The molecule has 3 rings (SSSR count). The van der Waals surface area contributed by atoms with Gasteiger partial charge in [0.05, 0.1) is 12.4 Å². The van der Waals surface area contributed by atoms with E-state index in [-0.39, 0.29) is 11.9 Å². The SMILES string of the molecule is CC1CC(=O)N(CCCCN2CCN(c3cncc(Cl)n3)CC2)SN1. The Morgan fingerprint density at radius 1 is 1.24 bits per heavy atom. The number of nitrogens with zero attached hydrogens (tertiary/aromatic N) is 5. The van der Waals surface area contributed by atoms with Gasteiger partial charge in [0, 0.05) is 57.3 Å². The number of hydrogen-bond acceptors (Lipinski definition) is 7. The Balaban J connectivity index is 1.32. The Morgan fingerprint density at radius 3 is 2.72 bits per heavy atom. The van der Waals surface area contributed by atoms with Crippen LogP contribution in [-0.4, -0.2) is 70.4 Å². The molecule has 1 amide bonds. The van der Waals surface area contributed by atoms with Crippen LogP contribution in [-0.2, 0) is 4.79 Å². The van der Waals surface area contributed by atoms with Crippen molar-refractivity contribution in [3.8, 4) is 0 Å². The molecule has 3 heterocycles. The lowest BCUT2D eigenvalue weighted by molar-refractivity contribution is -0.127. The van der Waals surface area contributed by atoms with Gasteiger partial charge >= 0.3 is 0 Å². The highest BCUT2D eigenvalue weighted by Crippen LogP contribution is 2.18. The molecule has 0 aromatic carbocycles. The molecule has 0 bridgehead atoms. The summed E-state index contributed by atoms with van der Waals surface area (Å²) in [5.41, 5.74) is 0. The van der Waals surface area contributed by atoms with Crippen molar-refractivity contribution in [2.24, 2.45) is 0 Å². The number of piperazine rings is 1. The van der Waals surface area contributed by atoms with Crippen LogP contribution in [0.25, 0.3) is 0 Å². The fourth-order valence-electron chi connectivity index (χ4n) is 3.06. The summed E-state index contributed by atoms with van der Waals surface area (Å²) in [6, 6.07) is 0.272. The molecule has 9 heteroatoms. The third-order valence-corrected chi connectivity index (χ3v) is 5.79. The maximum absolute atomic E-state index is 11.9. The number of halogens is 1. The van der Waals surface area contributed by atoms with E-state index in [4.69, 9.17) is 11.6 Å². The molecule has 1 N–H and O–H groups in total. The number of carbonyl (C=O) groups excluding carboxylic acids is 1. The minimum absolute atomic E-state index is 0.243. The van der Waals surface area contributed by atoms with Crippen LogP contribution in [0.1, 0.15) is 26.2 Å². The summed E-state index contributed by atoms with van der Waals surface area (Å²) < 4.78 is 5.12. The van der Waals surface area contributed by atoms with Crippen molar-refractivity contribution in [3.05, 3.63) is 17.5 Å². The van der Waals surface area contributed by atoms with E-state index >= 15 is 0 Å². The summed E-state index contributed by atoms with van der Waals surface area (Å²) >= 11 is 7.37. The fraction of sp³-hybridized carbons (Fsp3) is 0.688. The van der Waals surface area contributed by atoms with Crippen LogP contribution in [0, 0.1) is 0 Å². The molecule has 0 radical (unpaired) electrons. The van der Waals surface area contributed by atoms with Gasteiger partial charge in [0.25, 0.3) is 0 Å². The van der Waals surface area contributed by atoms with Crippen molar-refractivity contribution >= 4 is 35.5 Å². The van der Waals surface area contributed by atoms with Gasteiger partial charge < -0.3 is 4.90 Å². The third kappa shape index (κ3) is 5.44. The van der Waals surface area contributed by atoms with Crippen LogP contribution in [0.3, 0.4) is 0 Å². The summed E-state index contributed by atoms with van der Waals surface area (Å²) in [5, 5.41) is 0.439. The van der Waals surface area contributed by atoms with Crippen molar-refractivity contribution in [3.63, 3.8) is 0 Å². The second kappa shape index (κ2) is 9.02. The Labute approximate surface area is 158 Å². The maximum Gasteiger partial charge on any atom is 0.234 e. The number of rotatable bonds is 6. The number of unbranched alkanes of at least 4 members (excludes halogenated alkanes) is 1. The van der Waals surface area contributed by atoms with Crippen molar-refractivity contribution < 1.29 is 4.79 Å². The van der Waals surface area contributed by atoms with E-state index in [9.17, 15) is 4.79 Å². The first-order valence-corrected chi connectivity index (χ1v) is 9.94. The van der Waals surface area contributed by atoms with E-state index in [0.717, 1.165) is 57.9 Å². The highest BCUT2D eigenvalue weighted by Gasteiger charge is 2.23. The second-order valence-corrected chi connectivity index (χ2v) is 7.79. The molecule has 1 unspecified atom stereocenters. The fourth-order valence-corrected chi connectivity index (χ4v) is 3.99. The van der Waals surface area contributed by atoms with Crippen LogP contribution in [0.2, 0.25) is 5.15 Å². The van der Waals surface area contributed by atoms with Gasteiger partial charge in [-0.1, -0.05) is 11.6 Å². The van der Waals surface area contributed by atoms with E-state index in [1.165, 1.54) is 12.1 Å². The predicted octanol–water partition coefficient (Wildman–Crippen LogP) is 1.81. The quantitative estimate of drug-likeness (QED) is 0.592. The molecule has 0 saturated carbocycles. The van der Waals surface area contributed by atoms with Crippen molar-refractivity contribution in [2.75, 3.05) is 44.2 Å². The third-order valence-electron chi connectivity index (χ3n) is 4.50. The molecule has 7 nitrogen and oxygen atoms in total. The smallest absolute Gasteiger partial charge is 0.234 e. The minimum atomic E-state index is 0.243. The monoisotopic (exact) mass is 384 g/mol. The Hall–Kier alpha value is -1.09. The van der Waals surface area contributed by atoms with Crippen molar-refractivity contribution in [1.82, 2.24) is 23.9 Å². The molecule has 2 aliphatic heterocycles. The number of anilines is 1. The van der Waals surface area contributed by atoms with Crippen LogP contribution >= 0.6 is 23.7 Å². The molecule has 2 fully saturated rings. The standard InChI is InChI=1S/C16H25ClN6OS/c1-13-10-16(24)23(25-20-13)5-3-2-4-21-6-8-22(9-7-21)15-12-18-11-14(17)19-15/h11-13,20H,2-10H2,1H3. The average molecular weight is 385 g/mol. The van der Waals surface area contributed by atoms with Gasteiger partial charge in [-0.2, -0.15) is 0 Å². The average Bonchev–Trinajstić information content (AvgIpc) is 2.61. The molecule has 25 heavy (non-hydrogen) atoms. The van der Waals surface area contributed by atoms with Gasteiger partial charge in [-0.15, -0.1) is 0 Å². The van der Waals surface area contributed by atoms with E-state index in [0.29, 0.717) is 11.6 Å². The Kier molecular flexibility index (Phi) is 6.75. The van der Waals surface area contributed by atoms with E-state index in [2.05, 4.69) is 24.5 Å². The first kappa shape index (κ1) is 18.7. The molecule has 0 spiro atoms. The molecule has 1 atom stereocenters. The summed E-state index contributed by atoms with van der Waals surface area (Å²) in [7, 11) is 0. The van der Waals surface area contributed by atoms with Crippen LogP contribution < -0.4 is 9.62 Å². The zero-order valence-corrected chi connectivity index (χ0v) is 16.1. The summed E-state index contributed by atoms with van der Waals surface area (Å²) in [4.78, 5) is 25.1. The van der Waals surface area contributed by atoms with E-state index in [1.54, 1.807) is 12.4 Å². The van der Waals surface area contributed by atoms with Crippen LogP contribution in [0.5, 0.6) is 0 Å². The second-order valence-electron chi connectivity index (χ2n) is 6.55. The van der Waals surface area contributed by atoms with E-state index in [1.807, 2.05) is 11.2 Å². The minimum Gasteiger partial charge on any atom is -0.353 e. The van der Waals surface area contributed by atoms with Gasteiger partial charge in [0.15, 0.2) is 0 Å². The predicted molar refractivity (Wildman–Crippen MR) is 101 cm³/mol. The van der Waals surface area contributed by atoms with E-state index < -0.39 is 0 Å². The summed E-state index contributed by atoms with van der Waals surface area (Å²) in [6.07, 6.45) is 6.07. The summed E-state index contributed by atoms with van der Waals surface area (Å²) in [5.74, 6) is 1.10. The molecule has 1 aromatic heterocycles. The maximum atomic E-state index is 11.9. The molecule has 2 aliphatic rings. The molecule has 0 aliphatic carbocycles. The number of amides is 1. The van der Waals surface area contributed by atoms with Gasteiger partial charge in [0.1, 0.15) is 11.0 Å². The van der Waals surface area contributed by atoms with Gasteiger partial charge in [-0.05, 0) is 26.3 Å². The Morgan fingerprint density at radius 2 is 2.00 bits per heavy atom. The summed E-state index contributed by atoms with van der Waals surface area (Å²) in [6.45, 7) is 7.85. The van der Waals surface area contributed by atoms with Crippen molar-refractivity contribution in [1.29, 1.82) is 0 Å². The molecule has 138 valence electrons. The highest BCUT2D eigenvalue weighted by molar-refractivity contribution is 7.95. The first-order chi connectivity index (χ1) is 12.1. The lowest BCUT2D eigenvalue weighted by Gasteiger charge is -2.35. The number of nitrogens with one attached hydrogen (secondary N) is 1. The number of carbonyl (C=O) groups is 1. The number of aromatic nitrogens is 2. The van der Waals surface area contributed by atoms with Gasteiger partial charge in [-0.3, -0.25) is 19.0 Å². The molecule has 1 aromatic rings. The van der Waals surface area contributed by atoms with Crippen molar-refractivity contribution in [2.45, 2.75) is 32.2 Å². The van der Waals surface area contributed by atoms with Crippen LogP contribution in [0.4, 0.5) is 5.82 Å². The molecular formula is C16H25ClN6OS. The number of hydrogen-bond donors (Lipinski definition) is 1. The molecule has 2 saturated heterocycles. The zero-order valence-electron chi connectivity index (χ0n) is 14.5. The van der Waals surface area contributed by atoms with Gasteiger partial charge in [-0.25, -0.2) is 9.71 Å². The largest absolute Gasteiger partial charge is 0.353 e. The van der Waals surface area contributed by atoms with Gasteiger partial charge in [0.2, 0.25) is 5.91 Å². The normalized spacial score (nSPS) is 22.5. The topological polar surface area (TPSA) is 64.6 Å². The molecular weight excluding hydrogens is 360 g/mol. The Bertz CT molecular complexity index is 583. The first-order valence-electron chi connectivity index (χ1n) is 8.79. The highest BCUT2D eigenvalue weighted by atomic mass is 35.5. The lowest BCUT2D eigenvalue weighted by atomic mass is 10.2.